The van der Waals surface area contributed by atoms with Crippen LogP contribution in [0, 0.1) is 16.0 Å². The minimum atomic E-state index is -0.319. The van der Waals surface area contributed by atoms with Gasteiger partial charge in [-0.3, -0.25) is 10.1 Å². The Morgan fingerprint density at radius 3 is 2.94 bits per heavy atom. The summed E-state index contributed by atoms with van der Waals surface area (Å²) < 4.78 is 0.738. The first-order valence-electron chi connectivity index (χ1n) is 5.36. The smallest absolute Gasteiger partial charge is 0.276 e. The Hall–Kier alpha value is -0.590. The van der Waals surface area contributed by atoms with Crippen LogP contribution in [0.1, 0.15) is 17.9 Å². The van der Waals surface area contributed by atoms with E-state index in [1.165, 1.54) is 0 Å². The number of nitro benzene ring substituents is 1. The van der Waals surface area contributed by atoms with Crippen molar-refractivity contribution in [2.75, 3.05) is 12.3 Å². The summed E-state index contributed by atoms with van der Waals surface area (Å²) in [6, 6.07) is 5.24. The molecule has 92 valence electrons. The largest absolute Gasteiger partial charge is 0.301 e. The molecule has 1 fully saturated rings. The van der Waals surface area contributed by atoms with Gasteiger partial charge in [0, 0.05) is 10.5 Å². The SMILES string of the molecule is CC1CNC(c2ccc(Br)cc2[N+](=O)[O-])SC1. The first-order valence-corrected chi connectivity index (χ1v) is 7.21. The van der Waals surface area contributed by atoms with Crippen molar-refractivity contribution in [1.29, 1.82) is 0 Å². The van der Waals surface area contributed by atoms with Crippen molar-refractivity contribution in [1.82, 2.24) is 5.32 Å². The number of halogens is 1. The van der Waals surface area contributed by atoms with Gasteiger partial charge >= 0.3 is 0 Å². The molecule has 2 rings (SSSR count). The van der Waals surface area contributed by atoms with E-state index in [4.69, 9.17) is 0 Å². The Balaban J connectivity index is 2.28. The maximum atomic E-state index is 11.0. The minimum Gasteiger partial charge on any atom is -0.301 e. The Labute approximate surface area is 112 Å². The average molecular weight is 317 g/mol. The lowest BCUT2D eigenvalue weighted by atomic mass is 10.1. The predicted molar refractivity (Wildman–Crippen MR) is 73.2 cm³/mol. The molecule has 0 amide bonds. The summed E-state index contributed by atoms with van der Waals surface area (Å²) in [7, 11) is 0. The van der Waals surface area contributed by atoms with E-state index in [9.17, 15) is 10.1 Å². The monoisotopic (exact) mass is 316 g/mol. The highest BCUT2D eigenvalue weighted by atomic mass is 79.9. The normalized spacial score (nSPS) is 24.6. The van der Waals surface area contributed by atoms with Crippen molar-refractivity contribution in [3.8, 4) is 0 Å². The molecular weight excluding hydrogens is 304 g/mol. The third-order valence-corrected chi connectivity index (χ3v) is 4.68. The van der Waals surface area contributed by atoms with Crippen molar-refractivity contribution < 1.29 is 4.92 Å². The highest BCUT2D eigenvalue weighted by Gasteiger charge is 2.26. The van der Waals surface area contributed by atoms with Gasteiger partial charge in [-0.2, -0.15) is 0 Å². The van der Waals surface area contributed by atoms with Crippen LogP contribution in [0.15, 0.2) is 22.7 Å². The summed E-state index contributed by atoms with van der Waals surface area (Å²) in [5.74, 6) is 1.65. The molecule has 1 aliphatic heterocycles. The van der Waals surface area contributed by atoms with Gasteiger partial charge in [-0.05, 0) is 30.3 Å². The van der Waals surface area contributed by atoms with Crippen LogP contribution in [-0.4, -0.2) is 17.2 Å². The Bertz CT molecular complexity index is 433. The zero-order valence-electron chi connectivity index (χ0n) is 9.35. The van der Waals surface area contributed by atoms with E-state index >= 15 is 0 Å². The number of rotatable bonds is 2. The zero-order chi connectivity index (χ0) is 12.4. The van der Waals surface area contributed by atoms with Gasteiger partial charge in [-0.15, -0.1) is 11.8 Å². The number of nitrogens with one attached hydrogen (secondary N) is 1. The van der Waals surface area contributed by atoms with E-state index in [2.05, 4.69) is 28.2 Å². The molecule has 1 N–H and O–H groups in total. The average Bonchev–Trinajstić information content (AvgIpc) is 2.30. The second-order valence-corrected chi connectivity index (χ2v) is 6.24. The van der Waals surface area contributed by atoms with E-state index in [-0.39, 0.29) is 16.0 Å². The second-order valence-electron chi connectivity index (χ2n) is 4.19. The van der Waals surface area contributed by atoms with E-state index in [0.29, 0.717) is 5.92 Å². The Morgan fingerprint density at radius 2 is 2.35 bits per heavy atom. The number of hydrogen-bond acceptors (Lipinski definition) is 4. The van der Waals surface area contributed by atoms with Crippen molar-refractivity contribution >= 4 is 33.4 Å². The number of thioether (sulfide) groups is 1. The topological polar surface area (TPSA) is 55.2 Å². The van der Waals surface area contributed by atoms with Crippen LogP contribution in [0.4, 0.5) is 5.69 Å². The zero-order valence-corrected chi connectivity index (χ0v) is 11.8. The molecule has 0 spiro atoms. The van der Waals surface area contributed by atoms with E-state index in [1.807, 2.05) is 12.1 Å². The maximum Gasteiger partial charge on any atom is 0.276 e. The van der Waals surface area contributed by atoms with Crippen LogP contribution in [0.2, 0.25) is 0 Å². The van der Waals surface area contributed by atoms with Gasteiger partial charge in [-0.1, -0.05) is 22.9 Å². The lowest BCUT2D eigenvalue weighted by Crippen LogP contribution is -2.31. The fraction of sp³-hybridized carbons (Fsp3) is 0.455. The Kier molecular flexibility index (Phi) is 4.06. The lowest BCUT2D eigenvalue weighted by Gasteiger charge is -2.27. The lowest BCUT2D eigenvalue weighted by molar-refractivity contribution is -0.385. The summed E-state index contributed by atoms with van der Waals surface area (Å²) in [5, 5.41) is 14.4. The molecule has 0 radical (unpaired) electrons. The summed E-state index contributed by atoms with van der Waals surface area (Å²) >= 11 is 5.00. The number of nitrogens with zero attached hydrogens (tertiary/aromatic N) is 1. The maximum absolute atomic E-state index is 11.0. The second kappa shape index (κ2) is 5.37. The summed E-state index contributed by atoms with van der Waals surface area (Å²) in [4.78, 5) is 10.7. The molecule has 0 saturated carbocycles. The van der Waals surface area contributed by atoms with Crippen LogP contribution < -0.4 is 5.32 Å². The summed E-state index contributed by atoms with van der Waals surface area (Å²) in [5.41, 5.74) is 0.939. The third-order valence-electron chi connectivity index (χ3n) is 2.67. The van der Waals surface area contributed by atoms with E-state index in [0.717, 1.165) is 22.3 Å². The quantitative estimate of drug-likeness (QED) is 0.671. The molecule has 1 aliphatic rings. The highest BCUT2D eigenvalue weighted by Crippen LogP contribution is 2.37. The van der Waals surface area contributed by atoms with Crippen molar-refractivity contribution in [2.24, 2.45) is 5.92 Å². The molecule has 0 bridgehead atoms. The van der Waals surface area contributed by atoms with Gasteiger partial charge in [0.25, 0.3) is 5.69 Å². The van der Waals surface area contributed by atoms with Crippen molar-refractivity contribution in [2.45, 2.75) is 12.3 Å². The summed E-state index contributed by atoms with van der Waals surface area (Å²) in [6.45, 7) is 3.08. The first-order chi connectivity index (χ1) is 8.08. The Morgan fingerprint density at radius 1 is 1.59 bits per heavy atom. The van der Waals surface area contributed by atoms with Gasteiger partial charge in [0.2, 0.25) is 0 Å². The predicted octanol–water partition coefficient (Wildman–Crippen LogP) is 3.33. The molecule has 2 unspecified atom stereocenters. The van der Waals surface area contributed by atoms with E-state index < -0.39 is 0 Å². The van der Waals surface area contributed by atoms with Crippen LogP contribution >= 0.6 is 27.7 Å². The third kappa shape index (κ3) is 3.00. The molecule has 1 heterocycles. The van der Waals surface area contributed by atoms with Crippen LogP contribution in [0.3, 0.4) is 0 Å². The molecule has 0 aromatic heterocycles. The standard InChI is InChI=1S/C11H13BrN2O2S/c1-7-5-13-11(17-6-7)9-3-2-8(12)4-10(9)14(15)16/h2-4,7,11,13H,5-6H2,1H3. The molecule has 0 aliphatic carbocycles. The number of nitro groups is 1. The molecule has 1 aromatic carbocycles. The molecule has 17 heavy (non-hydrogen) atoms. The molecule has 2 atom stereocenters. The highest BCUT2D eigenvalue weighted by molar-refractivity contribution is 9.10. The van der Waals surface area contributed by atoms with Crippen LogP contribution in [0.25, 0.3) is 0 Å². The van der Waals surface area contributed by atoms with Crippen molar-refractivity contribution in [3.05, 3.63) is 38.3 Å². The fourth-order valence-corrected chi connectivity index (χ4v) is 3.36. The minimum absolute atomic E-state index is 0.0275. The van der Waals surface area contributed by atoms with Gasteiger partial charge in [0.05, 0.1) is 15.9 Å². The molecule has 4 nitrogen and oxygen atoms in total. The van der Waals surface area contributed by atoms with Gasteiger partial charge < -0.3 is 5.32 Å². The number of hydrogen-bond donors (Lipinski definition) is 1. The molecule has 6 heteroatoms. The van der Waals surface area contributed by atoms with Crippen LogP contribution in [0.5, 0.6) is 0 Å². The van der Waals surface area contributed by atoms with Gasteiger partial charge in [0.15, 0.2) is 0 Å². The van der Waals surface area contributed by atoms with Gasteiger partial charge in [-0.25, -0.2) is 0 Å². The fourth-order valence-electron chi connectivity index (χ4n) is 1.78. The molecular formula is C11H13BrN2O2S. The van der Waals surface area contributed by atoms with Gasteiger partial charge in [0.1, 0.15) is 0 Å². The van der Waals surface area contributed by atoms with Crippen molar-refractivity contribution in [3.63, 3.8) is 0 Å². The van der Waals surface area contributed by atoms with Crippen LogP contribution in [-0.2, 0) is 0 Å². The molecule has 1 saturated heterocycles. The van der Waals surface area contributed by atoms with E-state index in [1.54, 1.807) is 17.8 Å². The molecule has 1 aromatic rings. The number of benzene rings is 1. The summed E-state index contributed by atoms with van der Waals surface area (Å²) in [6.07, 6.45) is 0. The first kappa shape index (κ1) is 12.9.